The summed E-state index contributed by atoms with van der Waals surface area (Å²) in [7, 11) is 0. The van der Waals surface area contributed by atoms with E-state index in [2.05, 4.69) is 191 Å². The molecule has 3 heterocycles. The Labute approximate surface area is 298 Å². The van der Waals surface area contributed by atoms with Gasteiger partial charge in [0.2, 0.25) is 0 Å². The summed E-state index contributed by atoms with van der Waals surface area (Å²) in [5.74, 6) is 0. The minimum Gasteiger partial charge on any atom is -0.309 e. The minimum atomic E-state index is 1.17. The van der Waals surface area contributed by atoms with Gasteiger partial charge in [0.15, 0.2) is 0 Å². The second-order valence-corrected chi connectivity index (χ2v) is 14.4. The first kappa shape index (κ1) is 28.4. The van der Waals surface area contributed by atoms with E-state index in [-0.39, 0.29) is 0 Å². The summed E-state index contributed by atoms with van der Waals surface area (Å²) in [6, 6.07) is 66.7. The van der Waals surface area contributed by atoms with E-state index in [1.807, 2.05) is 11.3 Å². The van der Waals surface area contributed by atoms with Crippen molar-refractivity contribution in [3.8, 4) is 33.6 Å². The van der Waals surface area contributed by atoms with Crippen molar-refractivity contribution < 1.29 is 0 Å². The quantitative estimate of drug-likeness (QED) is 0.177. The van der Waals surface area contributed by atoms with Gasteiger partial charge in [-0.25, -0.2) is 0 Å². The monoisotopic (exact) mass is 666 g/mol. The minimum absolute atomic E-state index is 1.17. The highest BCUT2D eigenvalue weighted by Crippen LogP contribution is 2.43. The standard InChI is InChI=1S/C48H30N2S/c1-2-13-33(14-3-1)49-42-21-9-5-16-36(42)37-27-25-31(29-45(37)49)35-19-12-23-44-48(35)40-18-6-10-22-43(40)50(44)41-20-8-4-15-34(41)32-26-28-39-38-17-7-11-24-46(38)51-47(39)30-32/h1-30H. The number of fused-ring (bicyclic) bond motifs is 9. The highest BCUT2D eigenvalue weighted by Gasteiger charge is 2.20. The fourth-order valence-electron chi connectivity index (χ4n) is 8.32. The number of rotatable bonds is 4. The molecule has 0 saturated carbocycles. The number of benzene rings is 8. The number of hydrogen-bond acceptors (Lipinski definition) is 1. The number of thiophene rings is 1. The SMILES string of the molecule is c1ccc(-n2c3ccccc3c3ccc(-c4cccc5c4c4ccccc4n5-c4ccccc4-c4ccc5c(c4)sc4ccccc45)cc32)cc1. The molecule has 3 heteroatoms. The smallest absolute Gasteiger partial charge is 0.0547 e. The fraction of sp³-hybridized carbons (Fsp3) is 0. The Kier molecular flexibility index (Phi) is 6.16. The molecule has 11 aromatic rings. The molecular weight excluding hydrogens is 637 g/mol. The van der Waals surface area contributed by atoms with Gasteiger partial charge in [-0.3, -0.25) is 0 Å². The molecule has 238 valence electrons. The lowest BCUT2D eigenvalue weighted by Gasteiger charge is -2.14. The average Bonchev–Trinajstić information content (AvgIpc) is 3.85. The van der Waals surface area contributed by atoms with Gasteiger partial charge in [-0.05, 0) is 71.3 Å². The van der Waals surface area contributed by atoms with E-state index in [0.717, 1.165) is 0 Å². The number of para-hydroxylation sites is 4. The maximum atomic E-state index is 2.47. The third-order valence-electron chi connectivity index (χ3n) is 10.5. The van der Waals surface area contributed by atoms with Crippen LogP contribution in [0, 0.1) is 0 Å². The first-order valence-corrected chi connectivity index (χ1v) is 18.3. The first-order chi connectivity index (χ1) is 25.3. The van der Waals surface area contributed by atoms with Crippen LogP contribution < -0.4 is 0 Å². The molecule has 0 atom stereocenters. The van der Waals surface area contributed by atoms with Gasteiger partial charge in [0, 0.05) is 53.0 Å². The largest absolute Gasteiger partial charge is 0.309 e. The predicted octanol–water partition coefficient (Wildman–Crippen LogP) is 13.6. The number of aromatic nitrogens is 2. The molecule has 0 aliphatic carbocycles. The number of nitrogens with zero attached hydrogens (tertiary/aromatic N) is 2. The Bertz CT molecular complexity index is 3140. The van der Waals surface area contributed by atoms with Gasteiger partial charge in [0.1, 0.15) is 0 Å². The number of hydrogen-bond donors (Lipinski definition) is 0. The molecule has 0 spiro atoms. The molecule has 0 bridgehead atoms. The van der Waals surface area contributed by atoms with Crippen molar-refractivity contribution in [2.75, 3.05) is 0 Å². The highest BCUT2D eigenvalue weighted by molar-refractivity contribution is 7.25. The lowest BCUT2D eigenvalue weighted by molar-refractivity contribution is 1.18. The van der Waals surface area contributed by atoms with Crippen LogP contribution in [0.5, 0.6) is 0 Å². The van der Waals surface area contributed by atoms with Crippen LogP contribution in [0.1, 0.15) is 0 Å². The Morgan fingerprint density at radius 1 is 0.333 bits per heavy atom. The van der Waals surface area contributed by atoms with E-state index in [1.165, 1.54) is 97.4 Å². The molecule has 2 nitrogen and oxygen atoms in total. The maximum absolute atomic E-state index is 2.47. The lowest BCUT2D eigenvalue weighted by atomic mass is 9.98. The van der Waals surface area contributed by atoms with Crippen LogP contribution in [-0.2, 0) is 0 Å². The predicted molar refractivity (Wildman–Crippen MR) is 219 cm³/mol. The van der Waals surface area contributed by atoms with Gasteiger partial charge in [0.25, 0.3) is 0 Å². The van der Waals surface area contributed by atoms with E-state index < -0.39 is 0 Å². The molecule has 0 radical (unpaired) electrons. The van der Waals surface area contributed by atoms with Crippen molar-refractivity contribution in [2.45, 2.75) is 0 Å². The van der Waals surface area contributed by atoms with E-state index in [4.69, 9.17) is 0 Å². The van der Waals surface area contributed by atoms with Gasteiger partial charge in [-0.15, -0.1) is 11.3 Å². The summed E-state index contributed by atoms with van der Waals surface area (Å²) < 4.78 is 7.52. The van der Waals surface area contributed by atoms with Crippen LogP contribution in [0.3, 0.4) is 0 Å². The molecular formula is C48H30N2S. The Balaban J connectivity index is 1.15. The second kappa shape index (κ2) is 11.0. The highest BCUT2D eigenvalue weighted by atomic mass is 32.1. The summed E-state index contributed by atoms with van der Waals surface area (Å²) in [4.78, 5) is 0. The summed E-state index contributed by atoms with van der Waals surface area (Å²) >= 11 is 1.87. The summed E-state index contributed by atoms with van der Waals surface area (Å²) in [5, 5.41) is 7.70. The van der Waals surface area contributed by atoms with Gasteiger partial charge >= 0.3 is 0 Å². The molecule has 0 N–H and O–H groups in total. The van der Waals surface area contributed by atoms with Gasteiger partial charge in [-0.2, -0.15) is 0 Å². The van der Waals surface area contributed by atoms with Gasteiger partial charge in [-0.1, -0.05) is 127 Å². The van der Waals surface area contributed by atoms with E-state index >= 15 is 0 Å². The van der Waals surface area contributed by atoms with Crippen LogP contribution in [-0.4, -0.2) is 9.13 Å². The van der Waals surface area contributed by atoms with E-state index in [9.17, 15) is 0 Å². The van der Waals surface area contributed by atoms with Gasteiger partial charge < -0.3 is 9.13 Å². The molecule has 0 amide bonds. The molecule has 0 aliphatic heterocycles. The molecule has 0 saturated heterocycles. The Morgan fingerprint density at radius 3 is 1.78 bits per heavy atom. The lowest BCUT2D eigenvalue weighted by Crippen LogP contribution is -1.97. The zero-order valence-corrected chi connectivity index (χ0v) is 28.4. The third kappa shape index (κ3) is 4.22. The van der Waals surface area contributed by atoms with Crippen molar-refractivity contribution in [3.63, 3.8) is 0 Å². The van der Waals surface area contributed by atoms with E-state index in [1.54, 1.807) is 0 Å². The summed E-state index contributed by atoms with van der Waals surface area (Å²) in [6.07, 6.45) is 0. The topological polar surface area (TPSA) is 9.86 Å². The fourth-order valence-corrected chi connectivity index (χ4v) is 9.46. The Hall–Kier alpha value is -6.42. The Morgan fingerprint density at radius 2 is 0.922 bits per heavy atom. The molecule has 11 rings (SSSR count). The van der Waals surface area contributed by atoms with Crippen LogP contribution in [0.2, 0.25) is 0 Å². The van der Waals surface area contributed by atoms with Crippen LogP contribution >= 0.6 is 11.3 Å². The molecule has 0 unspecified atom stereocenters. The van der Waals surface area contributed by atoms with Crippen molar-refractivity contribution in [1.82, 2.24) is 9.13 Å². The first-order valence-electron chi connectivity index (χ1n) is 17.4. The van der Waals surface area contributed by atoms with Crippen molar-refractivity contribution in [1.29, 1.82) is 0 Å². The molecule has 0 aliphatic rings. The van der Waals surface area contributed by atoms with E-state index in [0.29, 0.717) is 0 Å². The van der Waals surface area contributed by atoms with Crippen molar-refractivity contribution >= 4 is 75.1 Å². The molecule has 8 aromatic carbocycles. The van der Waals surface area contributed by atoms with Crippen molar-refractivity contribution in [2.24, 2.45) is 0 Å². The van der Waals surface area contributed by atoms with Gasteiger partial charge in [0.05, 0.1) is 27.8 Å². The molecule has 51 heavy (non-hydrogen) atoms. The van der Waals surface area contributed by atoms with Crippen LogP contribution in [0.25, 0.3) is 97.4 Å². The zero-order chi connectivity index (χ0) is 33.5. The normalized spacial score (nSPS) is 11.9. The summed E-state index contributed by atoms with van der Waals surface area (Å²) in [5.41, 5.74) is 12.1. The van der Waals surface area contributed by atoms with Crippen LogP contribution in [0.4, 0.5) is 0 Å². The maximum Gasteiger partial charge on any atom is 0.0547 e. The average molecular weight is 667 g/mol. The van der Waals surface area contributed by atoms with Crippen LogP contribution in [0.15, 0.2) is 182 Å². The molecule has 0 fully saturated rings. The zero-order valence-electron chi connectivity index (χ0n) is 27.6. The summed E-state index contributed by atoms with van der Waals surface area (Å²) in [6.45, 7) is 0. The van der Waals surface area contributed by atoms with Crippen molar-refractivity contribution in [3.05, 3.63) is 182 Å². The molecule has 3 aromatic heterocycles. The second-order valence-electron chi connectivity index (χ2n) is 13.3. The third-order valence-corrected chi connectivity index (χ3v) is 11.7.